The van der Waals surface area contributed by atoms with Gasteiger partial charge in [0.2, 0.25) is 0 Å². The average molecular weight is 203 g/mol. The van der Waals surface area contributed by atoms with Crippen LogP contribution in [0.2, 0.25) is 0 Å². The standard InChI is InChI=1S/C14H21N/c1-10-4-7-14(15-9-10)13-6-5-11(2)12(3)8-13/h5-6,8,10,14-15H,4,7,9H2,1-3H3/t10-,14?/m0/s1. The van der Waals surface area contributed by atoms with Gasteiger partial charge in [-0.15, -0.1) is 0 Å². The summed E-state index contributed by atoms with van der Waals surface area (Å²) in [5.41, 5.74) is 4.26. The van der Waals surface area contributed by atoms with E-state index in [9.17, 15) is 0 Å². The van der Waals surface area contributed by atoms with E-state index in [1.54, 1.807) is 0 Å². The second-order valence-electron chi connectivity index (χ2n) is 4.99. The maximum Gasteiger partial charge on any atom is 0.0320 e. The van der Waals surface area contributed by atoms with Crippen molar-refractivity contribution in [3.63, 3.8) is 0 Å². The Hall–Kier alpha value is -0.820. The van der Waals surface area contributed by atoms with Gasteiger partial charge in [-0.05, 0) is 55.8 Å². The lowest BCUT2D eigenvalue weighted by atomic mass is 9.91. The van der Waals surface area contributed by atoms with Crippen molar-refractivity contribution in [1.82, 2.24) is 5.32 Å². The van der Waals surface area contributed by atoms with Crippen molar-refractivity contribution in [1.29, 1.82) is 0 Å². The fourth-order valence-electron chi connectivity index (χ4n) is 2.26. The molecule has 0 aliphatic carbocycles. The lowest BCUT2D eigenvalue weighted by molar-refractivity contribution is 0.333. The zero-order valence-corrected chi connectivity index (χ0v) is 10.0. The molecule has 1 N–H and O–H groups in total. The smallest absolute Gasteiger partial charge is 0.0320 e. The molecule has 0 saturated carbocycles. The first-order valence-electron chi connectivity index (χ1n) is 5.97. The molecule has 1 heterocycles. The largest absolute Gasteiger partial charge is 0.310 e. The van der Waals surface area contributed by atoms with Crippen LogP contribution in [0.5, 0.6) is 0 Å². The topological polar surface area (TPSA) is 12.0 Å². The van der Waals surface area contributed by atoms with Crippen molar-refractivity contribution in [2.24, 2.45) is 5.92 Å². The molecule has 1 aromatic carbocycles. The molecule has 2 rings (SSSR count). The molecule has 15 heavy (non-hydrogen) atoms. The Bertz CT molecular complexity index is 335. The Labute approximate surface area is 92.9 Å². The average Bonchev–Trinajstić information content (AvgIpc) is 2.23. The fraction of sp³-hybridized carbons (Fsp3) is 0.571. The molecule has 0 amide bonds. The summed E-state index contributed by atoms with van der Waals surface area (Å²) in [6, 6.07) is 7.43. The van der Waals surface area contributed by atoms with Crippen molar-refractivity contribution in [2.45, 2.75) is 39.7 Å². The first-order valence-corrected chi connectivity index (χ1v) is 5.97. The third kappa shape index (κ3) is 2.40. The maximum atomic E-state index is 3.63. The zero-order valence-electron chi connectivity index (χ0n) is 10.0. The van der Waals surface area contributed by atoms with E-state index < -0.39 is 0 Å². The molecule has 0 radical (unpaired) electrons. The molecule has 0 bridgehead atoms. The van der Waals surface area contributed by atoms with E-state index in [-0.39, 0.29) is 0 Å². The van der Waals surface area contributed by atoms with Crippen LogP contribution in [0.25, 0.3) is 0 Å². The van der Waals surface area contributed by atoms with Crippen molar-refractivity contribution in [2.75, 3.05) is 6.54 Å². The van der Waals surface area contributed by atoms with Gasteiger partial charge < -0.3 is 5.32 Å². The van der Waals surface area contributed by atoms with Crippen molar-refractivity contribution in [3.05, 3.63) is 34.9 Å². The summed E-state index contributed by atoms with van der Waals surface area (Å²) in [5, 5.41) is 3.63. The summed E-state index contributed by atoms with van der Waals surface area (Å²) in [6.45, 7) is 7.86. The van der Waals surface area contributed by atoms with Crippen LogP contribution < -0.4 is 5.32 Å². The SMILES string of the molecule is Cc1ccc(C2CC[C@H](C)CN2)cc1C. The zero-order chi connectivity index (χ0) is 10.8. The van der Waals surface area contributed by atoms with E-state index >= 15 is 0 Å². The Morgan fingerprint density at radius 1 is 1.13 bits per heavy atom. The van der Waals surface area contributed by atoms with E-state index in [1.165, 1.54) is 29.5 Å². The van der Waals surface area contributed by atoms with Gasteiger partial charge in [-0.2, -0.15) is 0 Å². The molecular weight excluding hydrogens is 182 g/mol. The number of hydrogen-bond acceptors (Lipinski definition) is 1. The van der Waals surface area contributed by atoms with Crippen LogP contribution in [0.1, 0.15) is 42.5 Å². The molecule has 1 aromatic rings. The van der Waals surface area contributed by atoms with Crippen LogP contribution in [-0.2, 0) is 0 Å². The lowest BCUT2D eigenvalue weighted by Crippen LogP contribution is -2.31. The van der Waals surface area contributed by atoms with E-state index in [0.29, 0.717) is 6.04 Å². The number of nitrogens with one attached hydrogen (secondary N) is 1. The molecule has 82 valence electrons. The van der Waals surface area contributed by atoms with Gasteiger partial charge in [-0.25, -0.2) is 0 Å². The van der Waals surface area contributed by atoms with E-state index in [0.717, 1.165) is 12.5 Å². The van der Waals surface area contributed by atoms with E-state index in [2.05, 4.69) is 44.3 Å². The van der Waals surface area contributed by atoms with Crippen molar-refractivity contribution >= 4 is 0 Å². The summed E-state index contributed by atoms with van der Waals surface area (Å²) in [7, 11) is 0. The van der Waals surface area contributed by atoms with Crippen LogP contribution >= 0.6 is 0 Å². The third-order valence-electron chi connectivity index (χ3n) is 3.59. The minimum atomic E-state index is 0.584. The number of rotatable bonds is 1. The maximum absolute atomic E-state index is 3.63. The summed E-state index contributed by atoms with van der Waals surface area (Å²) < 4.78 is 0. The number of aryl methyl sites for hydroxylation is 2. The molecule has 0 aromatic heterocycles. The van der Waals surface area contributed by atoms with Gasteiger partial charge in [0.05, 0.1) is 0 Å². The molecule has 2 atom stereocenters. The Morgan fingerprint density at radius 2 is 1.93 bits per heavy atom. The fourth-order valence-corrected chi connectivity index (χ4v) is 2.26. The van der Waals surface area contributed by atoms with Gasteiger partial charge in [0.1, 0.15) is 0 Å². The van der Waals surface area contributed by atoms with Crippen LogP contribution in [0, 0.1) is 19.8 Å². The highest BCUT2D eigenvalue weighted by molar-refractivity contribution is 5.31. The minimum Gasteiger partial charge on any atom is -0.310 e. The molecular formula is C14H21N. The Balaban J connectivity index is 2.12. The molecule has 1 aliphatic rings. The normalized spacial score (nSPS) is 26.6. The molecule has 0 spiro atoms. The molecule has 1 saturated heterocycles. The predicted molar refractivity (Wildman–Crippen MR) is 65.1 cm³/mol. The van der Waals surface area contributed by atoms with Gasteiger partial charge in [0, 0.05) is 6.04 Å². The first-order chi connectivity index (χ1) is 7.16. The van der Waals surface area contributed by atoms with Gasteiger partial charge in [-0.1, -0.05) is 25.1 Å². The second kappa shape index (κ2) is 4.36. The quantitative estimate of drug-likeness (QED) is 0.738. The Kier molecular flexibility index (Phi) is 3.11. The number of piperidine rings is 1. The molecule has 1 heteroatoms. The van der Waals surface area contributed by atoms with Crippen LogP contribution in [0.15, 0.2) is 18.2 Å². The van der Waals surface area contributed by atoms with E-state index in [4.69, 9.17) is 0 Å². The van der Waals surface area contributed by atoms with Gasteiger partial charge in [-0.3, -0.25) is 0 Å². The highest BCUT2D eigenvalue weighted by Crippen LogP contribution is 2.26. The Morgan fingerprint density at radius 3 is 2.53 bits per heavy atom. The second-order valence-corrected chi connectivity index (χ2v) is 4.99. The van der Waals surface area contributed by atoms with Crippen molar-refractivity contribution < 1.29 is 0 Å². The molecule has 1 aliphatic heterocycles. The lowest BCUT2D eigenvalue weighted by Gasteiger charge is -2.28. The van der Waals surface area contributed by atoms with E-state index in [1.807, 2.05) is 0 Å². The van der Waals surface area contributed by atoms with Crippen LogP contribution in [0.3, 0.4) is 0 Å². The predicted octanol–water partition coefficient (Wildman–Crippen LogP) is 3.36. The van der Waals surface area contributed by atoms with Gasteiger partial charge in [0.25, 0.3) is 0 Å². The highest BCUT2D eigenvalue weighted by Gasteiger charge is 2.18. The van der Waals surface area contributed by atoms with Crippen LogP contribution in [-0.4, -0.2) is 6.54 Å². The minimum absolute atomic E-state index is 0.584. The van der Waals surface area contributed by atoms with Gasteiger partial charge in [0.15, 0.2) is 0 Å². The summed E-state index contributed by atoms with van der Waals surface area (Å²) in [6.07, 6.45) is 2.63. The third-order valence-corrected chi connectivity index (χ3v) is 3.59. The monoisotopic (exact) mass is 203 g/mol. The highest BCUT2D eigenvalue weighted by atomic mass is 14.9. The first kappa shape index (κ1) is 10.7. The molecule has 1 unspecified atom stereocenters. The summed E-state index contributed by atoms with van der Waals surface area (Å²) in [5.74, 6) is 0.841. The number of benzene rings is 1. The van der Waals surface area contributed by atoms with Crippen LogP contribution in [0.4, 0.5) is 0 Å². The van der Waals surface area contributed by atoms with Crippen molar-refractivity contribution in [3.8, 4) is 0 Å². The molecule has 1 nitrogen and oxygen atoms in total. The van der Waals surface area contributed by atoms with Gasteiger partial charge >= 0.3 is 0 Å². The number of hydrogen-bond donors (Lipinski definition) is 1. The summed E-state index contributed by atoms with van der Waals surface area (Å²) >= 11 is 0. The molecule has 1 fully saturated rings. The summed E-state index contributed by atoms with van der Waals surface area (Å²) in [4.78, 5) is 0.